The smallest absolute Gasteiger partial charge is 0.417 e. The number of benzene rings is 1. The van der Waals surface area contributed by atoms with Crippen LogP contribution in [-0.4, -0.2) is 13.1 Å². The third kappa shape index (κ3) is 2.88. The van der Waals surface area contributed by atoms with Crippen LogP contribution in [0.1, 0.15) is 21.5 Å². The largest absolute Gasteiger partial charge is 0.465 e. The molecule has 0 fully saturated rings. The molecule has 3 nitrogen and oxygen atoms in total. The number of methoxy groups -OCH3 is 1. The Labute approximate surface area is 108 Å². The number of ether oxygens (including phenoxy) is 1. The van der Waals surface area contributed by atoms with Crippen molar-refractivity contribution in [1.82, 2.24) is 0 Å². The van der Waals surface area contributed by atoms with Gasteiger partial charge in [0.25, 0.3) is 0 Å². The maximum atomic E-state index is 12.7. The Morgan fingerprint density at radius 2 is 2.06 bits per heavy atom. The topological polar surface area (TPSA) is 50.1 Å². The lowest BCUT2D eigenvalue weighted by Gasteiger charge is -2.12. The van der Waals surface area contributed by atoms with Gasteiger partial charge in [0, 0.05) is 3.57 Å². The summed E-state index contributed by atoms with van der Waals surface area (Å²) in [6.07, 6.45) is -4.71. The normalized spacial score (nSPS) is 10.8. The lowest BCUT2D eigenvalue weighted by atomic mass is 10.0. The standard InChI is InChI=1S/C10H5F3INO2/c1-17-9(16)6-3-8(14)5(4-15)2-7(6)10(11,12)13/h2-3H,1H3. The third-order valence-corrected chi connectivity index (χ3v) is 2.83. The Morgan fingerprint density at radius 3 is 2.47 bits per heavy atom. The molecule has 0 saturated carbocycles. The average molecular weight is 355 g/mol. The maximum Gasteiger partial charge on any atom is 0.417 e. The second kappa shape index (κ2) is 4.91. The van der Waals surface area contributed by atoms with E-state index in [1.54, 1.807) is 28.7 Å². The summed E-state index contributed by atoms with van der Waals surface area (Å²) in [5, 5.41) is 8.66. The summed E-state index contributed by atoms with van der Waals surface area (Å²) in [5.74, 6) is -1.08. The van der Waals surface area contributed by atoms with Crippen molar-refractivity contribution in [3.8, 4) is 6.07 Å². The van der Waals surface area contributed by atoms with E-state index in [9.17, 15) is 18.0 Å². The molecule has 0 heterocycles. The van der Waals surface area contributed by atoms with E-state index in [1.807, 2.05) is 0 Å². The van der Waals surface area contributed by atoms with Crippen molar-refractivity contribution in [2.24, 2.45) is 0 Å². The summed E-state index contributed by atoms with van der Waals surface area (Å²) in [5.41, 5.74) is -1.89. The Bertz CT molecular complexity index is 505. The third-order valence-electron chi connectivity index (χ3n) is 1.94. The lowest BCUT2D eigenvalue weighted by molar-refractivity contribution is -0.138. The molecular formula is C10H5F3INO2. The highest BCUT2D eigenvalue weighted by Crippen LogP contribution is 2.34. The Hall–Kier alpha value is -1.30. The van der Waals surface area contributed by atoms with Crippen molar-refractivity contribution < 1.29 is 22.7 Å². The summed E-state index contributed by atoms with van der Waals surface area (Å²) in [4.78, 5) is 11.2. The van der Waals surface area contributed by atoms with Gasteiger partial charge in [-0.15, -0.1) is 0 Å². The molecule has 0 unspecified atom stereocenters. The number of nitriles is 1. The fourth-order valence-electron chi connectivity index (χ4n) is 1.17. The van der Waals surface area contributed by atoms with Crippen molar-refractivity contribution in [2.45, 2.75) is 6.18 Å². The van der Waals surface area contributed by atoms with Crippen LogP contribution < -0.4 is 0 Å². The first-order chi connectivity index (χ1) is 7.81. The summed E-state index contributed by atoms with van der Waals surface area (Å²) >= 11 is 1.68. The van der Waals surface area contributed by atoms with Gasteiger partial charge in [0.1, 0.15) is 6.07 Å². The minimum atomic E-state index is -4.71. The van der Waals surface area contributed by atoms with Crippen LogP contribution >= 0.6 is 22.6 Å². The van der Waals surface area contributed by atoms with Crippen LogP contribution in [0.5, 0.6) is 0 Å². The molecule has 0 aliphatic rings. The molecule has 0 N–H and O–H groups in total. The predicted molar refractivity (Wildman–Crippen MR) is 60.2 cm³/mol. The van der Waals surface area contributed by atoms with Crippen LogP contribution in [0.4, 0.5) is 13.2 Å². The van der Waals surface area contributed by atoms with Gasteiger partial charge in [0.2, 0.25) is 0 Å². The quantitative estimate of drug-likeness (QED) is 0.575. The summed E-state index contributed by atoms with van der Waals surface area (Å²) in [6.45, 7) is 0. The SMILES string of the molecule is COC(=O)c1cc(I)c(C#N)cc1C(F)(F)F. The van der Waals surface area contributed by atoms with E-state index in [0.29, 0.717) is 6.07 Å². The molecule has 90 valence electrons. The summed E-state index contributed by atoms with van der Waals surface area (Å²) in [6, 6.07) is 3.27. The van der Waals surface area contributed by atoms with Gasteiger partial charge in [-0.05, 0) is 34.7 Å². The molecule has 0 atom stereocenters. The molecule has 1 aromatic rings. The van der Waals surface area contributed by atoms with E-state index < -0.39 is 23.3 Å². The molecule has 0 amide bonds. The molecule has 0 bridgehead atoms. The number of rotatable bonds is 1. The zero-order valence-electron chi connectivity index (χ0n) is 8.43. The number of hydrogen-bond donors (Lipinski definition) is 0. The maximum absolute atomic E-state index is 12.7. The van der Waals surface area contributed by atoms with Crippen LogP contribution in [0.15, 0.2) is 12.1 Å². The highest BCUT2D eigenvalue weighted by molar-refractivity contribution is 14.1. The molecule has 0 saturated heterocycles. The highest BCUT2D eigenvalue weighted by atomic mass is 127. The van der Waals surface area contributed by atoms with Crippen molar-refractivity contribution in [3.05, 3.63) is 32.4 Å². The van der Waals surface area contributed by atoms with Gasteiger partial charge in [0.05, 0.1) is 23.8 Å². The first-order valence-electron chi connectivity index (χ1n) is 4.20. The van der Waals surface area contributed by atoms with Crippen LogP contribution in [0.25, 0.3) is 0 Å². The molecule has 1 aromatic carbocycles. The number of carbonyl (C=O) groups is 1. The van der Waals surface area contributed by atoms with Gasteiger partial charge < -0.3 is 4.74 Å². The number of esters is 1. The summed E-state index contributed by atoms with van der Waals surface area (Å²) in [7, 11) is 0.994. The molecule has 0 radical (unpaired) electrons. The summed E-state index contributed by atoms with van der Waals surface area (Å²) < 4.78 is 42.6. The van der Waals surface area contributed by atoms with Crippen LogP contribution in [0, 0.1) is 14.9 Å². The van der Waals surface area contributed by atoms with E-state index >= 15 is 0 Å². The fourth-order valence-corrected chi connectivity index (χ4v) is 1.76. The van der Waals surface area contributed by atoms with Crippen LogP contribution in [0.3, 0.4) is 0 Å². The van der Waals surface area contributed by atoms with Gasteiger partial charge in [-0.2, -0.15) is 18.4 Å². The molecular weight excluding hydrogens is 350 g/mol. The van der Waals surface area contributed by atoms with Crippen LogP contribution in [0.2, 0.25) is 0 Å². The van der Waals surface area contributed by atoms with E-state index in [1.165, 1.54) is 0 Å². The van der Waals surface area contributed by atoms with Gasteiger partial charge >= 0.3 is 12.1 Å². The molecule has 0 aliphatic carbocycles. The zero-order valence-corrected chi connectivity index (χ0v) is 10.6. The monoisotopic (exact) mass is 355 g/mol. The predicted octanol–water partition coefficient (Wildman–Crippen LogP) is 2.97. The second-order valence-corrected chi connectivity index (χ2v) is 4.14. The van der Waals surface area contributed by atoms with Gasteiger partial charge in [0.15, 0.2) is 0 Å². The Morgan fingerprint density at radius 1 is 1.47 bits per heavy atom. The Kier molecular flexibility index (Phi) is 3.98. The minimum Gasteiger partial charge on any atom is -0.465 e. The zero-order chi connectivity index (χ0) is 13.2. The molecule has 7 heteroatoms. The van der Waals surface area contributed by atoms with Crippen LogP contribution in [-0.2, 0) is 10.9 Å². The second-order valence-electron chi connectivity index (χ2n) is 2.98. The molecule has 0 aliphatic heterocycles. The van der Waals surface area contributed by atoms with Gasteiger partial charge in [-0.3, -0.25) is 0 Å². The number of nitrogens with zero attached hydrogens (tertiary/aromatic N) is 1. The number of halogens is 4. The van der Waals surface area contributed by atoms with Crippen molar-refractivity contribution in [3.63, 3.8) is 0 Å². The first-order valence-corrected chi connectivity index (χ1v) is 5.28. The van der Waals surface area contributed by atoms with E-state index in [0.717, 1.165) is 13.2 Å². The van der Waals surface area contributed by atoms with Gasteiger partial charge in [-0.25, -0.2) is 4.79 Å². The van der Waals surface area contributed by atoms with Crippen molar-refractivity contribution >= 4 is 28.6 Å². The molecule has 0 aromatic heterocycles. The highest BCUT2D eigenvalue weighted by Gasteiger charge is 2.36. The van der Waals surface area contributed by atoms with E-state index in [-0.39, 0.29) is 9.13 Å². The Balaban J connectivity index is 3.54. The molecule has 17 heavy (non-hydrogen) atoms. The first kappa shape index (κ1) is 13.8. The van der Waals surface area contributed by atoms with E-state index in [4.69, 9.17) is 5.26 Å². The number of alkyl halides is 3. The number of carbonyl (C=O) groups excluding carboxylic acids is 1. The lowest BCUT2D eigenvalue weighted by Crippen LogP contribution is -2.15. The average Bonchev–Trinajstić information content (AvgIpc) is 2.26. The van der Waals surface area contributed by atoms with Crippen molar-refractivity contribution in [1.29, 1.82) is 5.26 Å². The molecule has 1 rings (SSSR count). The van der Waals surface area contributed by atoms with Crippen molar-refractivity contribution in [2.75, 3.05) is 7.11 Å². The number of hydrogen-bond acceptors (Lipinski definition) is 3. The molecule has 0 spiro atoms. The minimum absolute atomic E-state index is 0.134. The van der Waals surface area contributed by atoms with E-state index in [2.05, 4.69) is 4.74 Å². The fraction of sp³-hybridized carbons (Fsp3) is 0.200. The van der Waals surface area contributed by atoms with Gasteiger partial charge in [-0.1, -0.05) is 0 Å².